The maximum atomic E-state index is 5.50. The number of rotatable bonds is 4. The van der Waals surface area contributed by atoms with Crippen LogP contribution in [0.1, 0.15) is 25.6 Å². The van der Waals surface area contributed by atoms with Gasteiger partial charge in [0.25, 0.3) is 0 Å². The van der Waals surface area contributed by atoms with E-state index in [9.17, 15) is 0 Å². The molecule has 0 spiro atoms. The van der Waals surface area contributed by atoms with E-state index in [4.69, 9.17) is 4.74 Å². The fourth-order valence-electron chi connectivity index (χ4n) is 3.81. The maximum absolute atomic E-state index is 5.50. The second-order valence-electron chi connectivity index (χ2n) is 7.57. The lowest BCUT2D eigenvalue weighted by molar-refractivity contribution is 0.123. The van der Waals surface area contributed by atoms with E-state index in [0.29, 0.717) is 0 Å². The van der Waals surface area contributed by atoms with Gasteiger partial charge in [-0.3, -0.25) is 0 Å². The Balaban J connectivity index is 1.56. The normalized spacial score (nSPS) is 18.6. The Hall–Kier alpha value is -2.34. The molecule has 1 aromatic heterocycles. The van der Waals surface area contributed by atoms with Crippen molar-refractivity contribution in [3.8, 4) is 0 Å². The van der Waals surface area contributed by atoms with Crippen LogP contribution in [0.3, 0.4) is 0 Å². The highest BCUT2D eigenvalue weighted by molar-refractivity contribution is 5.75. The van der Waals surface area contributed by atoms with Gasteiger partial charge in [-0.05, 0) is 37.8 Å². The molecule has 0 bridgehead atoms. The molecule has 6 nitrogen and oxygen atoms in total. The van der Waals surface area contributed by atoms with Crippen LogP contribution < -0.4 is 15.1 Å². The molecule has 1 aromatic carbocycles. The Kier molecular flexibility index (Phi) is 5.43. The van der Waals surface area contributed by atoms with Crippen LogP contribution in [0.5, 0.6) is 0 Å². The minimum absolute atomic E-state index is 0.776. The summed E-state index contributed by atoms with van der Waals surface area (Å²) in [4.78, 5) is 14.1. The minimum Gasteiger partial charge on any atom is -0.378 e. The summed E-state index contributed by atoms with van der Waals surface area (Å²) in [5, 5.41) is 3.54. The largest absolute Gasteiger partial charge is 0.378 e. The first kappa shape index (κ1) is 18.0. The van der Waals surface area contributed by atoms with Gasteiger partial charge in [-0.25, -0.2) is 9.97 Å². The number of aryl methyl sites for hydroxylation is 1. The highest BCUT2D eigenvalue weighted by Crippen LogP contribution is 2.30. The molecule has 1 N–H and O–H groups in total. The van der Waals surface area contributed by atoms with Crippen LogP contribution in [0.2, 0.25) is 0 Å². The van der Waals surface area contributed by atoms with Crippen molar-refractivity contribution in [2.24, 2.45) is 5.92 Å². The average Bonchev–Trinajstić information content (AvgIpc) is 2.69. The number of hydrogen-bond donors (Lipinski definition) is 1. The van der Waals surface area contributed by atoms with E-state index < -0.39 is 0 Å². The van der Waals surface area contributed by atoms with E-state index >= 15 is 0 Å². The van der Waals surface area contributed by atoms with Crippen molar-refractivity contribution in [3.63, 3.8) is 0 Å². The number of nitrogens with zero attached hydrogens (tertiary/aromatic N) is 4. The predicted molar refractivity (Wildman–Crippen MR) is 110 cm³/mol. The minimum atomic E-state index is 0.776. The molecule has 2 aliphatic heterocycles. The monoisotopic (exact) mass is 367 g/mol. The van der Waals surface area contributed by atoms with E-state index in [1.54, 1.807) is 0 Å². The van der Waals surface area contributed by atoms with Crippen LogP contribution in [0.25, 0.3) is 0 Å². The number of hydrogen-bond acceptors (Lipinski definition) is 6. The molecule has 0 aliphatic carbocycles. The van der Waals surface area contributed by atoms with Gasteiger partial charge in [-0.15, -0.1) is 0 Å². The van der Waals surface area contributed by atoms with Crippen molar-refractivity contribution in [2.45, 2.75) is 26.7 Å². The van der Waals surface area contributed by atoms with Crippen molar-refractivity contribution in [1.82, 2.24) is 9.97 Å². The molecule has 144 valence electrons. The van der Waals surface area contributed by atoms with Crippen LogP contribution in [0, 0.1) is 12.8 Å². The van der Waals surface area contributed by atoms with E-state index in [2.05, 4.69) is 62.3 Å². The third-order valence-electron chi connectivity index (χ3n) is 5.45. The topological polar surface area (TPSA) is 53.5 Å². The van der Waals surface area contributed by atoms with E-state index in [0.717, 1.165) is 68.5 Å². The van der Waals surface area contributed by atoms with Crippen LogP contribution in [0.15, 0.2) is 30.3 Å². The molecule has 0 radical (unpaired) electrons. The van der Waals surface area contributed by atoms with Crippen LogP contribution in [0.4, 0.5) is 23.0 Å². The molecular formula is C21H29N5O. The summed E-state index contributed by atoms with van der Waals surface area (Å²) in [5.74, 6) is 3.50. The third kappa shape index (κ3) is 4.33. The number of nitrogens with one attached hydrogen (secondary N) is 1. The molecule has 4 rings (SSSR count). The molecule has 2 fully saturated rings. The average molecular weight is 367 g/mol. The smallest absolute Gasteiger partial charge is 0.136 e. The van der Waals surface area contributed by atoms with E-state index in [1.165, 1.54) is 18.5 Å². The molecule has 3 heterocycles. The molecule has 2 saturated heterocycles. The summed E-state index contributed by atoms with van der Waals surface area (Å²) < 4.78 is 5.50. The highest BCUT2D eigenvalue weighted by Gasteiger charge is 2.19. The number of ether oxygens (including phenoxy) is 1. The molecule has 0 atom stereocenters. The van der Waals surface area contributed by atoms with Gasteiger partial charge < -0.3 is 19.9 Å². The SMILES string of the molecule is Cc1nc(Nc2ccccc2N2CCOCC2)cc(N2CCC(C)CC2)n1. The molecule has 2 aliphatic rings. The van der Waals surface area contributed by atoms with Gasteiger partial charge in [-0.1, -0.05) is 19.1 Å². The summed E-state index contributed by atoms with van der Waals surface area (Å²) in [6.07, 6.45) is 2.46. The standard InChI is InChI=1S/C21H29N5O/c1-16-7-9-26(10-8-16)21-15-20(22-17(2)23-21)24-18-5-3-4-6-19(18)25-11-13-27-14-12-25/h3-6,15-16H,7-14H2,1-2H3,(H,22,23,24). The van der Waals surface area contributed by atoms with Crippen LogP contribution in [-0.2, 0) is 4.74 Å². The fraction of sp³-hybridized carbons (Fsp3) is 0.524. The number of piperidine rings is 1. The van der Waals surface area contributed by atoms with Gasteiger partial charge in [0, 0.05) is 32.2 Å². The summed E-state index contributed by atoms with van der Waals surface area (Å²) in [7, 11) is 0. The highest BCUT2D eigenvalue weighted by atomic mass is 16.5. The molecule has 27 heavy (non-hydrogen) atoms. The van der Waals surface area contributed by atoms with Crippen LogP contribution in [-0.4, -0.2) is 49.4 Å². The lowest BCUT2D eigenvalue weighted by Crippen LogP contribution is -2.36. The van der Waals surface area contributed by atoms with Crippen molar-refractivity contribution in [1.29, 1.82) is 0 Å². The first-order valence-corrected chi connectivity index (χ1v) is 9.98. The molecule has 0 saturated carbocycles. The Morgan fingerprint density at radius 3 is 2.52 bits per heavy atom. The molecule has 2 aromatic rings. The summed E-state index contributed by atoms with van der Waals surface area (Å²) >= 11 is 0. The van der Waals surface area contributed by atoms with E-state index in [-0.39, 0.29) is 0 Å². The quantitative estimate of drug-likeness (QED) is 0.891. The van der Waals surface area contributed by atoms with Crippen molar-refractivity contribution < 1.29 is 4.74 Å². The zero-order valence-electron chi connectivity index (χ0n) is 16.3. The zero-order valence-corrected chi connectivity index (χ0v) is 16.3. The Morgan fingerprint density at radius 1 is 1.00 bits per heavy atom. The lowest BCUT2D eigenvalue weighted by atomic mass is 9.99. The van der Waals surface area contributed by atoms with Crippen LogP contribution >= 0.6 is 0 Å². The number of benzene rings is 1. The molecular weight excluding hydrogens is 338 g/mol. The number of para-hydroxylation sites is 2. The Labute approximate surface area is 161 Å². The Morgan fingerprint density at radius 2 is 1.74 bits per heavy atom. The first-order chi connectivity index (χ1) is 13.2. The van der Waals surface area contributed by atoms with Crippen molar-refractivity contribution in [3.05, 3.63) is 36.2 Å². The number of anilines is 4. The molecule has 6 heteroatoms. The van der Waals surface area contributed by atoms with Gasteiger partial charge >= 0.3 is 0 Å². The number of morpholine rings is 1. The van der Waals surface area contributed by atoms with E-state index in [1.807, 2.05) is 6.92 Å². The van der Waals surface area contributed by atoms with Gasteiger partial charge in [0.2, 0.25) is 0 Å². The zero-order chi connectivity index (χ0) is 18.6. The molecule has 0 unspecified atom stereocenters. The van der Waals surface area contributed by atoms with Gasteiger partial charge in [0.15, 0.2) is 0 Å². The number of aromatic nitrogens is 2. The van der Waals surface area contributed by atoms with Crippen molar-refractivity contribution in [2.75, 3.05) is 54.5 Å². The lowest BCUT2D eigenvalue weighted by Gasteiger charge is -2.32. The third-order valence-corrected chi connectivity index (χ3v) is 5.45. The second-order valence-corrected chi connectivity index (χ2v) is 7.57. The maximum Gasteiger partial charge on any atom is 0.136 e. The summed E-state index contributed by atoms with van der Waals surface area (Å²) in [6.45, 7) is 9.82. The second kappa shape index (κ2) is 8.13. The summed E-state index contributed by atoms with van der Waals surface area (Å²) in [5.41, 5.74) is 2.28. The fourth-order valence-corrected chi connectivity index (χ4v) is 3.81. The predicted octanol–water partition coefficient (Wildman–Crippen LogP) is 3.60. The Bertz CT molecular complexity index is 767. The van der Waals surface area contributed by atoms with Gasteiger partial charge in [-0.2, -0.15) is 0 Å². The molecule has 0 amide bonds. The van der Waals surface area contributed by atoms with Gasteiger partial charge in [0.1, 0.15) is 17.5 Å². The summed E-state index contributed by atoms with van der Waals surface area (Å²) in [6, 6.07) is 10.5. The van der Waals surface area contributed by atoms with Crippen molar-refractivity contribution >= 4 is 23.0 Å². The first-order valence-electron chi connectivity index (χ1n) is 9.98. The van der Waals surface area contributed by atoms with Gasteiger partial charge in [0.05, 0.1) is 24.6 Å².